The van der Waals surface area contributed by atoms with Crippen molar-refractivity contribution in [3.63, 3.8) is 0 Å². The molecule has 46 heavy (non-hydrogen) atoms. The number of amidine groups is 1. The smallest absolute Gasteiger partial charge is 0.152 e. The fourth-order valence-corrected chi connectivity index (χ4v) is 6.42. The molecule has 0 aliphatic heterocycles. The topological polar surface area (TPSA) is 36.2 Å². The van der Waals surface area contributed by atoms with Gasteiger partial charge < -0.3 is 0 Å². The van der Waals surface area contributed by atoms with Crippen LogP contribution >= 0.6 is 0 Å². The van der Waals surface area contributed by atoms with Gasteiger partial charge in [0.25, 0.3) is 0 Å². The Bertz CT molecular complexity index is 2470. The molecule has 8 rings (SSSR count). The van der Waals surface area contributed by atoms with Crippen LogP contribution in [0.25, 0.3) is 60.3 Å². The standard InChI is InChI=1S/C44H30N2/c45-44(33-14-5-2-6-15-33)46-42(32-12-3-1-4-13-32)26-20-30-19-21-35-28-37(23-22-34(35)27-30)43-39-18-10-8-16-36(39)29-41-38-17-9-7-11-31(38)24-25-40(41)43/h1-29,45H/b26-20+,45-44?,46-42?. The van der Waals surface area contributed by atoms with Gasteiger partial charge in [0.05, 0.1) is 5.71 Å². The molecule has 0 spiro atoms. The average Bonchev–Trinajstić information content (AvgIpc) is 3.12. The molecule has 8 aromatic carbocycles. The van der Waals surface area contributed by atoms with Crippen LogP contribution in [0.5, 0.6) is 0 Å². The molecule has 1 N–H and O–H groups in total. The predicted molar refractivity (Wildman–Crippen MR) is 197 cm³/mol. The number of aliphatic imine (C=N–C) groups is 1. The molecule has 8 aromatic rings. The summed E-state index contributed by atoms with van der Waals surface area (Å²) in [5.74, 6) is 0.240. The van der Waals surface area contributed by atoms with Crippen molar-refractivity contribution in [1.82, 2.24) is 0 Å². The molecule has 0 aromatic heterocycles. The zero-order valence-corrected chi connectivity index (χ0v) is 25.2. The van der Waals surface area contributed by atoms with Crippen molar-refractivity contribution in [1.29, 1.82) is 5.41 Å². The van der Waals surface area contributed by atoms with Crippen LogP contribution in [0.15, 0.2) is 175 Å². The summed E-state index contributed by atoms with van der Waals surface area (Å²) in [6.07, 6.45) is 4.09. The zero-order chi connectivity index (χ0) is 30.9. The number of fused-ring (bicyclic) bond motifs is 5. The minimum atomic E-state index is 0.240. The van der Waals surface area contributed by atoms with Gasteiger partial charge in [-0.15, -0.1) is 0 Å². The number of nitrogens with zero attached hydrogens (tertiary/aromatic N) is 1. The van der Waals surface area contributed by atoms with Gasteiger partial charge in [-0.1, -0.05) is 152 Å². The van der Waals surface area contributed by atoms with E-state index in [1.54, 1.807) is 0 Å². The lowest BCUT2D eigenvalue weighted by molar-refractivity contribution is 1.41. The molecule has 0 fully saturated rings. The maximum Gasteiger partial charge on any atom is 0.152 e. The summed E-state index contributed by atoms with van der Waals surface area (Å²) in [4.78, 5) is 4.72. The Morgan fingerprint density at radius 3 is 1.89 bits per heavy atom. The van der Waals surface area contributed by atoms with E-state index in [0.29, 0.717) is 0 Å². The number of allylic oxidation sites excluding steroid dienone is 1. The van der Waals surface area contributed by atoms with Crippen LogP contribution in [0.1, 0.15) is 16.7 Å². The van der Waals surface area contributed by atoms with E-state index in [2.05, 4.69) is 109 Å². The highest BCUT2D eigenvalue weighted by molar-refractivity contribution is 6.20. The Hall–Kier alpha value is -6.12. The van der Waals surface area contributed by atoms with Crippen LogP contribution in [0, 0.1) is 5.41 Å². The van der Waals surface area contributed by atoms with E-state index in [0.717, 1.165) is 22.4 Å². The maximum atomic E-state index is 8.61. The molecule has 0 aliphatic rings. The first-order valence-corrected chi connectivity index (χ1v) is 15.5. The van der Waals surface area contributed by atoms with E-state index >= 15 is 0 Å². The molecule has 0 aliphatic carbocycles. The van der Waals surface area contributed by atoms with Crippen LogP contribution in [0.2, 0.25) is 0 Å². The lowest BCUT2D eigenvalue weighted by Crippen LogP contribution is -2.03. The van der Waals surface area contributed by atoms with E-state index in [1.807, 2.05) is 66.7 Å². The third-order valence-electron chi connectivity index (χ3n) is 8.71. The van der Waals surface area contributed by atoms with Gasteiger partial charge in [-0.3, -0.25) is 5.41 Å². The van der Waals surface area contributed by atoms with E-state index in [-0.39, 0.29) is 5.84 Å². The average molecular weight is 587 g/mol. The van der Waals surface area contributed by atoms with Crippen molar-refractivity contribution in [2.24, 2.45) is 4.99 Å². The Balaban J connectivity index is 1.19. The van der Waals surface area contributed by atoms with Crippen molar-refractivity contribution < 1.29 is 0 Å². The first-order chi connectivity index (χ1) is 22.7. The van der Waals surface area contributed by atoms with Crippen LogP contribution < -0.4 is 0 Å². The zero-order valence-electron chi connectivity index (χ0n) is 25.2. The van der Waals surface area contributed by atoms with E-state index < -0.39 is 0 Å². The first kappa shape index (κ1) is 27.4. The molecule has 0 radical (unpaired) electrons. The van der Waals surface area contributed by atoms with Gasteiger partial charge in [0, 0.05) is 11.1 Å². The molecule has 0 amide bonds. The normalized spacial score (nSPS) is 12.0. The summed E-state index contributed by atoms with van der Waals surface area (Å²) in [6, 6.07) is 57.3. The first-order valence-electron chi connectivity index (χ1n) is 15.5. The number of hydrogen-bond acceptors (Lipinski definition) is 1. The second-order valence-electron chi connectivity index (χ2n) is 11.6. The molecule has 0 unspecified atom stereocenters. The SMILES string of the molecule is N=C(N=C(/C=C/c1ccc2cc(-c3c4ccccc4cc4c3ccc3ccccc34)ccc2c1)c1ccccc1)c1ccccc1. The number of rotatable bonds is 5. The van der Waals surface area contributed by atoms with Crippen molar-refractivity contribution >= 4 is 60.7 Å². The summed E-state index contributed by atoms with van der Waals surface area (Å²) in [5, 5.41) is 18.6. The van der Waals surface area contributed by atoms with Gasteiger partial charge in [-0.2, -0.15) is 0 Å². The van der Waals surface area contributed by atoms with Crippen LogP contribution in [0.4, 0.5) is 0 Å². The van der Waals surface area contributed by atoms with Crippen molar-refractivity contribution in [3.05, 3.63) is 187 Å². The van der Waals surface area contributed by atoms with Crippen LogP contribution in [0.3, 0.4) is 0 Å². The molecule has 0 atom stereocenters. The van der Waals surface area contributed by atoms with Gasteiger partial charge >= 0.3 is 0 Å². The van der Waals surface area contributed by atoms with Gasteiger partial charge in [-0.25, -0.2) is 4.99 Å². The Kier molecular flexibility index (Phi) is 7.01. The molecule has 216 valence electrons. The van der Waals surface area contributed by atoms with E-state index in [4.69, 9.17) is 10.4 Å². The van der Waals surface area contributed by atoms with E-state index in [1.165, 1.54) is 54.2 Å². The number of benzene rings is 8. The molecular formula is C44H30N2. The van der Waals surface area contributed by atoms with Crippen molar-refractivity contribution in [2.45, 2.75) is 0 Å². The lowest BCUT2D eigenvalue weighted by atomic mass is 9.89. The van der Waals surface area contributed by atoms with Gasteiger partial charge in [-0.05, 0) is 84.1 Å². The summed E-state index contributed by atoms with van der Waals surface area (Å²) >= 11 is 0. The fraction of sp³-hybridized carbons (Fsp3) is 0. The minimum absolute atomic E-state index is 0.240. The quantitative estimate of drug-likeness (QED) is 0.0901. The Morgan fingerprint density at radius 2 is 1.09 bits per heavy atom. The summed E-state index contributed by atoms with van der Waals surface area (Å²) in [7, 11) is 0. The van der Waals surface area contributed by atoms with E-state index in [9.17, 15) is 0 Å². The van der Waals surface area contributed by atoms with Gasteiger partial charge in [0.15, 0.2) is 5.84 Å². The number of hydrogen-bond donors (Lipinski definition) is 1. The summed E-state index contributed by atoms with van der Waals surface area (Å²) in [6.45, 7) is 0. The Morgan fingerprint density at radius 1 is 0.457 bits per heavy atom. The van der Waals surface area contributed by atoms with Gasteiger partial charge in [0.1, 0.15) is 0 Å². The molecule has 0 bridgehead atoms. The third-order valence-corrected chi connectivity index (χ3v) is 8.71. The monoisotopic (exact) mass is 586 g/mol. The highest BCUT2D eigenvalue weighted by atomic mass is 14.8. The minimum Gasteiger partial charge on any atom is -0.282 e. The highest BCUT2D eigenvalue weighted by Gasteiger charge is 2.13. The molecule has 2 heteroatoms. The molecule has 0 saturated heterocycles. The lowest BCUT2D eigenvalue weighted by Gasteiger charge is -2.15. The second-order valence-corrected chi connectivity index (χ2v) is 11.6. The van der Waals surface area contributed by atoms with Crippen LogP contribution in [-0.4, -0.2) is 11.5 Å². The Labute approximate surface area is 268 Å². The molecule has 0 saturated carbocycles. The molecular weight excluding hydrogens is 556 g/mol. The fourth-order valence-electron chi connectivity index (χ4n) is 6.42. The van der Waals surface area contributed by atoms with Crippen molar-refractivity contribution in [3.8, 4) is 11.1 Å². The van der Waals surface area contributed by atoms with Gasteiger partial charge in [0.2, 0.25) is 0 Å². The summed E-state index contributed by atoms with van der Waals surface area (Å²) < 4.78 is 0. The summed E-state index contributed by atoms with van der Waals surface area (Å²) in [5.41, 5.74) is 6.08. The second kappa shape index (κ2) is 11.8. The van der Waals surface area contributed by atoms with Crippen molar-refractivity contribution in [2.75, 3.05) is 0 Å². The largest absolute Gasteiger partial charge is 0.282 e. The highest BCUT2D eigenvalue weighted by Crippen LogP contribution is 2.40. The van der Waals surface area contributed by atoms with Crippen LogP contribution in [-0.2, 0) is 0 Å². The molecule has 2 nitrogen and oxygen atoms in total. The predicted octanol–water partition coefficient (Wildman–Crippen LogP) is 11.5. The maximum absolute atomic E-state index is 8.61. The molecule has 0 heterocycles. The third kappa shape index (κ3) is 5.16. The number of nitrogens with one attached hydrogen (secondary N) is 1.